The first-order chi connectivity index (χ1) is 11.3. The van der Waals surface area contributed by atoms with E-state index in [9.17, 15) is 13.2 Å². The molecule has 1 aliphatic rings. The minimum atomic E-state index is -3.60. The Balaban J connectivity index is 2.12. The molecular weight excluding hydrogens is 348 g/mol. The van der Waals surface area contributed by atoms with Gasteiger partial charge in [0, 0.05) is 11.6 Å². The van der Waals surface area contributed by atoms with Gasteiger partial charge in [-0.3, -0.25) is 9.10 Å². The van der Waals surface area contributed by atoms with Gasteiger partial charge < -0.3 is 5.32 Å². The second kappa shape index (κ2) is 8.03. The normalized spacial score (nSPS) is 16.2. The number of nitrogens with zero attached hydrogens (tertiary/aromatic N) is 1. The zero-order chi connectivity index (χ0) is 17.7. The van der Waals surface area contributed by atoms with Gasteiger partial charge in [0.25, 0.3) is 0 Å². The number of benzene rings is 1. The van der Waals surface area contributed by atoms with Crippen LogP contribution in [0.4, 0.5) is 5.69 Å². The van der Waals surface area contributed by atoms with Crippen molar-refractivity contribution >= 4 is 33.2 Å². The maximum atomic E-state index is 12.4. The molecule has 2 rings (SSSR count). The van der Waals surface area contributed by atoms with Gasteiger partial charge in [0.05, 0.1) is 11.9 Å². The van der Waals surface area contributed by atoms with E-state index in [1.165, 1.54) is 12.0 Å². The molecule has 0 saturated carbocycles. The summed E-state index contributed by atoms with van der Waals surface area (Å²) < 4.78 is 25.5. The van der Waals surface area contributed by atoms with Crippen LogP contribution >= 0.6 is 11.6 Å². The topological polar surface area (TPSA) is 66.5 Å². The minimum absolute atomic E-state index is 0.318. The second-order valence-electron chi connectivity index (χ2n) is 6.04. The number of amides is 1. The molecule has 0 fully saturated rings. The molecule has 7 heteroatoms. The van der Waals surface area contributed by atoms with Crippen LogP contribution in [0.1, 0.15) is 32.6 Å². The molecule has 0 bridgehead atoms. The summed E-state index contributed by atoms with van der Waals surface area (Å²) in [5.41, 5.74) is 1.63. The summed E-state index contributed by atoms with van der Waals surface area (Å²) in [7, 11) is -3.60. The van der Waals surface area contributed by atoms with Gasteiger partial charge in [0.2, 0.25) is 15.9 Å². The molecule has 24 heavy (non-hydrogen) atoms. The molecule has 0 saturated heterocycles. The summed E-state index contributed by atoms with van der Waals surface area (Å²) in [6, 6.07) is 5.55. The van der Waals surface area contributed by atoms with E-state index in [0.717, 1.165) is 29.8 Å². The van der Waals surface area contributed by atoms with E-state index in [1.807, 2.05) is 0 Å². The highest BCUT2D eigenvalue weighted by Crippen LogP contribution is 2.23. The van der Waals surface area contributed by atoms with Gasteiger partial charge in [0.1, 0.15) is 6.04 Å². The number of carbonyl (C=O) groups excluding carboxylic acids is 1. The highest BCUT2D eigenvalue weighted by molar-refractivity contribution is 7.92. The van der Waals surface area contributed by atoms with E-state index in [-0.39, 0.29) is 5.91 Å². The van der Waals surface area contributed by atoms with Gasteiger partial charge in [-0.2, -0.15) is 0 Å². The molecule has 132 valence electrons. The standard InChI is InChI=1S/C17H23ClN2O3S/c1-13(17(21)19-12-14-6-4-3-5-7-14)20(24(2,22)23)16-10-8-15(18)9-11-16/h6,8-11,13H,3-5,7,12H2,1-2H3,(H,19,21)/t13-/m0/s1. The zero-order valence-electron chi connectivity index (χ0n) is 14.0. The van der Waals surface area contributed by atoms with Gasteiger partial charge in [-0.25, -0.2) is 8.42 Å². The number of sulfonamides is 1. The highest BCUT2D eigenvalue weighted by Gasteiger charge is 2.29. The number of anilines is 1. The molecule has 0 heterocycles. The first-order valence-electron chi connectivity index (χ1n) is 7.99. The Morgan fingerprint density at radius 2 is 1.96 bits per heavy atom. The van der Waals surface area contributed by atoms with Crippen molar-refractivity contribution in [1.29, 1.82) is 0 Å². The van der Waals surface area contributed by atoms with Crippen molar-refractivity contribution in [3.05, 3.63) is 40.9 Å². The molecule has 0 radical (unpaired) electrons. The lowest BCUT2D eigenvalue weighted by Crippen LogP contribution is -2.48. The Bertz CT molecular complexity index is 714. The molecule has 5 nitrogen and oxygen atoms in total. The molecule has 0 spiro atoms. The van der Waals surface area contributed by atoms with Crippen LogP contribution in [0.2, 0.25) is 5.02 Å². The smallest absolute Gasteiger partial charge is 0.243 e. The lowest BCUT2D eigenvalue weighted by molar-refractivity contribution is -0.121. The van der Waals surface area contributed by atoms with Crippen LogP contribution in [0.15, 0.2) is 35.9 Å². The molecule has 0 unspecified atom stereocenters. The highest BCUT2D eigenvalue weighted by atomic mass is 35.5. The minimum Gasteiger partial charge on any atom is -0.351 e. The number of allylic oxidation sites excluding steroid dienone is 1. The Labute approximate surface area is 148 Å². The summed E-state index contributed by atoms with van der Waals surface area (Å²) in [6.45, 7) is 2.06. The summed E-state index contributed by atoms with van der Waals surface area (Å²) in [4.78, 5) is 12.4. The maximum absolute atomic E-state index is 12.4. The van der Waals surface area contributed by atoms with Crippen LogP contribution in [0.3, 0.4) is 0 Å². The van der Waals surface area contributed by atoms with Crippen molar-refractivity contribution in [2.24, 2.45) is 0 Å². The van der Waals surface area contributed by atoms with Crippen LogP contribution in [-0.2, 0) is 14.8 Å². The van der Waals surface area contributed by atoms with Crippen LogP contribution in [0, 0.1) is 0 Å². The van der Waals surface area contributed by atoms with Crippen molar-refractivity contribution in [3.8, 4) is 0 Å². The summed E-state index contributed by atoms with van der Waals surface area (Å²) in [5.74, 6) is -0.318. The monoisotopic (exact) mass is 370 g/mol. The van der Waals surface area contributed by atoms with Crippen LogP contribution < -0.4 is 9.62 Å². The third-order valence-corrected chi connectivity index (χ3v) is 5.54. The average Bonchev–Trinajstić information content (AvgIpc) is 2.54. The van der Waals surface area contributed by atoms with Gasteiger partial charge in [-0.15, -0.1) is 0 Å². The van der Waals surface area contributed by atoms with Gasteiger partial charge in [-0.05, 0) is 56.9 Å². The van der Waals surface area contributed by atoms with E-state index in [4.69, 9.17) is 11.6 Å². The molecule has 0 aliphatic heterocycles. The fraction of sp³-hybridized carbons (Fsp3) is 0.471. The Hall–Kier alpha value is -1.53. The number of carbonyl (C=O) groups is 1. The van der Waals surface area contributed by atoms with E-state index < -0.39 is 16.1 Å². The fourth-order valence-electron chi connectivity index (χ4n) is 2.81. The number of rotatable bonds is 6. The van der Waals surface area contributed by atoms with Gasteiger partial charge in [-0.1, -0.05) is 23.3 Å². The number of hydrogen-bond acceptors (Lipinski definition) is 3. The van der Waals surface area contributed by atoms with Crippen LogP contribution in [0.5, 0.6) is 0 Å². The molecule has 1 aromatic carbocycles. The SMILES string of the molecule is C[C@@H](C(=O)NCC1=CCCCC1)N(c1ccc(Cl)cc1)S(C)(=O)=O. The third-order valence-electron chi connectivity index (χ3n) is 4.04. The van der Waals surface area contributed by atoms with E-state index in [1.54, 1.807) is 31.2 Å². The van der Waals surface area contributed by atoms with E-state index in [2.05, 4.69) is 11.4 Å². The van der Waals surface area contributed by atoms with Crippen molar-refractivity contribution in [1.82, 2.24) is 5.32 Å². The van der Waals surface area contributed by atoms with Crippen LogP contribution in [-0.4, -0.2) is 33.2 Å². The Morgan fingerprint density at radius 3 is 2.50 bits per heavy atom. The molecule has 0 aromatic heterocycles. The number of halogens is 1. The summed E-state index contributed by atoms with van der Waals surface area (Å²) in [6.07, 6.45) is 7.60. The third kappa shape index (κ3) is 4.98. The van der Waals surface area contributed by atoms with Crippen LogP contribution in [0.25, 0.3) is 0 Å². The molecule has 1 N–H and O–H groups in total. The van der Waals surface area contributed by atoms with Gasteiger partial charge >= 0.3 is 0 Å². The van der Waals surface area contributed by atoms with Crippen molar-refractivity contribution in [3.63, 3.8) is 0 Å². The second-order valence-corrected chi connectivity index (χ2v) is 8.33. The molecule has 1 amide bonds. The van der Waals surface area contributed by atoms with E-state index >= 15 is 0 Å². The molecule has 1 aromatic rings. The maximum Gasteiger partial charge on any atom is 0.243 e. The lowest BCUT2D eigenvalue weighted by atomic mass is 10.00. The zero-order valence-corrected chi connectivity index (χ0v) is 15.5. The van der Waals surface area contributed by atoms with Gasteiger partial charge in [0.15, 0.2) is 0 Å². The largest absolute Gasteiger partial charge is 0.351 e. The molecular formula is C17H23ClN2O3S. The molecule has 1 atom stereocenters. The first kappa shape index (κ1) is 18.8. The predicted octanol–water partition coefficient (Wildman–Crippen LogP) is 3.11. The number of nitrogens with one attached hydrogen (secondary N) is 1. The number of hydrogen-bond donors (Lipinski definition) is 1. The molecule has 1 aliphatic carbocycles. The summed E-state index contributed by atoms with van der Waals surface area (Å²) in [5, 5.41) is 3.35. The quantitative estimate of drug-likeness (QED) is 0.782. The Kier molecular flexibility index (Phi) is 6.29. The fourth-order valence-corrected chi connectivity index (χ4v) is 4.11. The lowest BCUT2D eigenvalue weighted by Gasteiger charge is -2.28. The van der Waals surface area contributed by atoms with E-state index in [0.29, 0.717) is 17.3 Å². The predicted molar refractivity (Wildman–Crippen MR) is 97.8 cm³/mol. The average molecular weight is 371 g/mol. The van der Waals surface area contributed by atoms with Crippen molar-refractivity contribution in [2.75, 3.05) is 17.1 Å². The Morgan fingerprint density at radius 1 is 1.29 bits per heavy atom. The van der Waals surface area contributed by atoms with Crippen molar-refractivity contribution < 1.29 is 13.2 Å². The first-order valence-corrected chi connectivity index (χ1v) is 10.2. The summed E-state index contributed by atoms with van der Waals surface area (Å²) >= 11 is 5.85. The van der Waals surface area contributed by atoms with Crippen molar-refractivity contribution in [2.45, 2.75) is 38.6 Å².